The summed E-state index contributed by atoms with van der Waals surface area (Å²) < 4.78 is 0. The molecule has 4 heteroatoms. The highest BCUT2D eigenvalue weighted by molar-refractivity contribution is 6.02. The smallest absolute Gasteiger partial charge is 0.231 e. The van der Waals surface area contributed by atoms with E-state index in [4.69, 9.17) is 0 Å². The van der Waals surface area contributed by atoms with Crippen molar-refractivity contribution < 1.29 is 9.59 Å². The van der Waals surface area contributed by atoms with Crippen LogP contribution in [0.5, 0.6) is 0 Å². The quantitative estimate of drug-likeness (QED) is 0.674. The Kier molecular flexibility index (Phi) is 4.17. The normalized spacial score (nSPS) is 17.1. The lowest BCUT2D eigenvalue weighted by molar-refractivity contribution is -0.121. The van der Waals surface area contributed by atoms with Crippen molar-refractivity contribution in [2.75, 3.05) is 16.3 Å². The van der Waals surface area contributed by atoms with Crippen molar-refractivity contribution in [3.05, 3.63) is 72.3 Å². The monoisotopic (exact) mass is 344 g/mol. The second-order valence-electron chi connectivity index (χ2n) is 6.71. The van der Waals surface area contributed by atoms with E-state index in [1.54, 1.807) is 4.90 Å². The Balaban J connectivity index is 1.83. The van der Waals surface area contributed by atoms with Crippen LogP contribution < -0.4 is 9.80 Å². The SMILES string of the molecule is CC1CN(C=O)c2ccccc2N(Cc2cccc3ccccc23)C1=O. The van der Waals surface area contributed by atoms with Crippen molar-refractivity contribution in [2.24, 2.45) is 5.92 Å². The van der Waals surface area contributed by atoms with E-state index in [1.165, 1.54) is 0 Å². The molecule has 0 aromatic heterocycles. The molecule has 0 saturated carbocycles. The summed E-state index contributed by atoms with van der Waals surface area (Å²) in [5.74, 6) is -0.225. The van der Waals surface area contributed by atoms with Gasteiger partial charge in [0.1, 0.15) is 0 Å². The lowest BCUT2D eigenvalue weighted by Gasteiger charge is -2.25. The zero-order valence-corrected chi connectivity index (χ0v) is 14.6. The molecule has 26 heavy (non-hydrogen) atoms. The van der Waals surface area contributed by atoms with Crippen LogP contribution in [0.25, 0.3) is 10.8 Å². The summed E-state index contributed by atoms with van der Waals surface area (Å²) in [7, 11) is 0. The van der Waals surface area contributed by atoms with E-state index in [-0.39, 0.29) is 11.8 Å². The molecule has 0 aliphatic carbocycles. The third-order valence-electron chi connectivity index (χ3n) is 4.98. The molecule has 2 amide bonds. The number of rotatable bonds is 3. The molecule has 0 spiro atoms. The van der Waals surface area contributed by atoms with E-state index >= 15 is 0 Å². The molecule has 0 radical (unpaired) electrons. The summed E-state index contributed by atoms with van der Waals surface area (Å²) in [5.41, 5.74) is 2.65. The van der Waals surface area contributed by atoms with E-state index in [0.29, 0.717) is 13.1 Å². The summed E-state index contributed by atoms with van der Waals surface area (Å²) in [6, 6.07) is 22.0. The number of para-hydroxylation sites is 2. The van der Waals surface area contributed by atoms with Crippen LogP contribution in [0.1, 0.15) is 12.5 Å². The van der Waals surface area contributed by atoms with E-state index in [2.05, 4.69) is 24.3 Å². The van der Waals surface area contributed by atoms with E-state index in [0.717, 1.165) is 34.1 Å². The summed E-state index contributed by atoms with van der Waals surface area (Å²) >= 11 is 0. The maximum atomic E-state index is 13.1. The number of anilines is 2. The Bertz CT molecular complexity index is 977. The fourth-order valence-corrected chi connectivity index (χ4v) is 3.66. The Morgan fingerprint density at radius 1 is 0.962 bits per heavy atom. The number of carbonyl (C=O) groups excluding carboxylic acids is 2. The molecule has 3 aromatic rings. The molecule has 130 valence electrons. The predicted molar refractivity (Wildman–Crippen MR) is 104 cm³/mol. The van der Waals surface area contributed by atoms with E-state index in [1.807, 2.05) is 54.3 Å². The van der Waals surface area contributed by atoms with E-state index < -0.39 is 0 Å². The van der Waals surface area contributed by atoms with Crippen LogP contribution in [0.2, 0.25) is 0 Å². The van der Waals surface area contributed by atoms with Gasteiger partial charge in [-0.15, -0.1) is 0 Å². The Hall–Kier alpha value is -3.14. The molecule has 1 atom stereocenters. The largest absolute Gasteiger partial charge is 0.312 e. The molecule has 0 saturated heterocycles. The fraction of sp³-hybridized carbons (Fsp3) is 0.182. The molecule has 1 aliphatic heterocycles. The minimum absolute atomic E-state index is 0.0368. The second kappa shape index (κ2) is 6.64. The van der Waals surface area contributed by atoms with Crippen molar-refractivity contribution in [3.8, 4) is 0 Å². The van der Waals surface area contributed by atoms with Crippen molar-refractivity contribution in [2.45, 2.75) is 13.5 Å². The average molecular weight is 344 g/mol. The molecule has 4 rings (SSSR count). The Morgan fingerprint density at radius 2 is 1.65 bits per heavy atom. The van der Waals surface area contributed by atoms with Gasteiger partial charge in [-0.1, -0.05) is 61.5 Å². The van der Waals surface area contributed by atoms with Gasteiger partial charge in [-0.3, -0.25) is 9.59 Å². The number of nitrogens with zero attached hydrogens (tertiary/aromatic N) is 2. The van der Waals surface area contributed by atoms with Gasteiger partial charge in [-0.25, -0.2) is 0 Å². The number of benzene rings is 3. The number of amides is 2. The minimum atomic E-state index is -0.262. The van der Waals surface area contributed by atoms with Gasteiger partial charge in [-0.05, 0) is 28.5 Å². The topological polar surface area (TPSA) is 40.6 Å². The fourth-order valence-electron chi connectivity index (χ4n) is 3.66. The molecule has 4 nitrogen and oxygen atoms in total. The lowest BCUT2D eigenvalue weighted by atomic mass is 10.0. The number of fused-ring (bicyclic) bond motifs is 2. The molecular weight excluding hydrogens is 324 g/mol. The first-order valence-corrected chi connectivity index (χ1v) is 8.78. The summed E-state index contributed by atoms with van der Waals surface area (Å²) in [4.78, 5) is 28.1. The zero-order valence-electron chi connectivity index (χ0n) is 14.6. The van der Waals surface area contributed by atoms with Crippen LogP contribution in [0.4, 0.5) is 11.4 Å². The van der Waals surface area contributed by atoms with Gasteiger partial charge in [0.15, 0.2) is 0 Å². The summed E-state index contributed by atoms with van der Waals surface area (Å²) in [6.45, 7) is 2.75. The van der Waals surface area contributed by atoms with Crippen molar-refractivity contribution in [3.63, 3.8) is 0 Å². The molecule has 1 unspecified atom stereocenters. The summed E-state index contributed by atoms with van der Waals surface area (Å²) in [6.07, 6.45) is 0.810. The number of hydrogen-bond donors (Lipinski definition) is 0. The van der Waals surface area contributed by atoms with Gasteiger partial charge in [0, 0.05) is 6.54 Å². The Morgan fingerprint density at radius 3 is 2.46 bits per heavy atom. The standard InChI is InChI=1S/C22H20N2O2/c1-16-13-23(15-25)20-11-4-5-12-21(20)24(22(16)26)14-18-9-6-8-17-7-2-3-10-19(17)18/h2-12,15-16H,13-14H2,1H3. The summed E-state index contributed by atoms with van der Waals surface area (Å²) in [5, 5.41) is 2.30. The maximum absolute atomic E-state index is 13.1. The van der Waals surface area contributed by atoms with E-state index in [9.17, 15) is 9.59 Å². The van der Waals surface area contributed by atoms with Crippen LogP contribution in [-0.4, -0.2) is 18.9 Å². The molecule has 0 N–H and O–H groups in total. The van der Waals surface area contributed by atoms with Crippen LogP contribution in [0.3, 0.4) is 0 Å². The molecule has 3 aromatic carbocycles. The van der Waals surface area contributed by atoms with Crippen LogP contribution >= 0.6 is 0 Å². The van der Waals surface area contributed by atoms with Crippen molar-refractivity contribution in [1.29, 1.82) is 0 Å². The van der Waals surface area contributed by atoms with Crippen LogP contribution in [0.15, 0.2) is 66.7 Å². The van der Waals surface area contributed by atoms with Gasteiger partial charge < -0.3 is 9.80 Å². The molecule has 0 bridgehead atoms. The first-order chi connectivity index (χ1) is 12.7. The number of hydrogen-bond acceptors (Lipinski definition) is 2. The van der Waals surface area contributed by atoms with Crippen LogP contribution in [0, 0.1) is 5.92 Å². The van der Waals surface area contributed by atoms with Gasteiger partial charge in [-0.2, -0.15) is 0 Å². The minimum Gasteiger partial charge on any atom is -0.312 e. The number of carbonyl (C=O) groups is 2. The first kappa shape index (κ1) is 16.3. The van der Waals surface area contributed by atoms with Crippen molar-refractivity contribution in [1.82, 2.24) is 0 Å². The van der Waals surface area contributed by atoms with Gasteiger partial charge in [0.2, 0.25) is 12.3 Å². The highest BCUT2D eigenvalue weighted by atomic mass is 16.2. The zero-order chi connectivity index (χ0) is 18.1. The average Bonchev–Trinajstić information content (AvgIpc) is 2.78. The van der Waals surface area contributed by atoms with Crippen LogP contribution in [-0.2, 0) is 16.1 Å². The Labute approximate surface area is 152 Å². The lowest BCUT2D eigenvalue weighted by Crippen LogP contribution is -2.36. The predicted octanol–water partition coefficient (Wildman–Crippen LogP) is 3.99. The third-order valence-corrected chi connectivity index (χ3v) is 4.98. The molecule has 1 aliphatic rings. The highest BCUT2D eigenvalue weighted by Crippen LogP contribution is 2.35. The maximum Gasteiger partial charge on any atom is 0.231 e. The van der Waals surface area contributed by atoms with Gasteiger partial charge in [0.25, 0.3) is 0 Å². The second-order valence-corrected chi connectivity index (χ2v) is 6.71. The third kappa shape index (κ3) is 2.73. The van der Waals surface area contributed by atoms with Gasteiger partial charge >= 0.3 is 0 Å². The molecule has 1 heterocycles. The first-order valence-electron chi connectivity index (χ1n) is 8.78. The van der Waals surface area contributed by atoms with Gasteiger partial charge in [0.05, 0.1) is 23.8 Å². The molecular formula is C22H20N2O2. The highest BCUT2D eigenvalue weighted by Gasteiger charge is 2.31. The molecule has 0 fully saturated rings. The van der Waals surface area contributed by atoms with Crippen molar-refractivity contribution >= 4 is 34.5 Å².